The van der Waals surface area contributed by atoms with Gasteiger partial charge in [0.1, 0.15) is 10.7 Å². The second kappa shape index (κ2) is 5.08. The molecular formula is C14H20N4O2S. The van der Waals surface area contributed by atoms with Crippen molar-refractivity contribution >= 4 is 21.5 Å². The number of sulfonamides is 1. The van der Waals surface area contributed by atoms with Gasteiger partial charge in [-0.1, -0.05) is 19.1 Å². The molecule has 2 heterocycles. The van der Waals surface area contributed by atoms with Crippen LogP contribution in [-0.2, 0) is 10.0 Å². The monoisotopic (exact) mass is 308 g/mol. The molecule has 3 rings (SSSR count). The summed E-state index contributed by atoms with van der Waals surface area (Å²) < 4.78 is 28.2. The zero-order valence-corrected chi connectivity index (χ0v) is 12.9. The fourth-order valence-corrected chi connectivity index (χ4v) is 4.01. The molecule has 1 atom stereocenters. The van der Waals surface area contributed by atoms with E-state index in [1.807, 2.05) is 6.07 Å². The summed E-state index contributed by atoms with van der Waals surface area (Å²) in [6.45, 7) is 5.09. The summed E-state index contributed by atoms with van der Waals surface area (Å²) in [6.07, 6.45) is 1.03. The molecule has 0 saturated carbocycles. The molecule has 0 radical (unpaired) electrons. The molecule has 0 aliphatic carbocycles. The number of nitrogens with two attached hydrogens (primary N) is 1. The summed E-state index contributed by atoms with van der Waals surface area (Å²) >= 11 is 0. The van der Waals surface area contributed by atoms with Crippen molar-refractivity contribution in [1.82, 2.24) is 4.90 Å². The highest BCUT2D eigenvalue weighted by atomic mass is 32.2. The van der Waals surface area contributed by atoms with Crippen LogP contribution in [0.4, 0.5) is 5.69 Å². The van der Waals surface area contributed by atoms with Crippen molar-refractivity contribution in [3.63, 3.8) is 0 Å². The number of nitrogens with one attached hydrogen (secondary N) is 1. The number of benzene rings is 1. The first kappa shape index (κ1) is 14.5. The molecule has 6 nitrogen and oxygen atoms in total. The van der Waals surface area contributed by atoms with Gasteiger partial charge in [-0.3, -0.25) is 4.90 Å². The Morgan fingerprint density at radius 2 is 2.19 bits per heavy atom. The molecule has 0 aromatic heterocycles. The van der Waals surface area contributed by atoms with Crippen LogP contribution in [0.2, 0.25) is 0 Å². The lowest BCUT2D eigenvalue weighted by Gasteiger charge is -2.24. The van der Waals surface area contributed by atoms with E-state index in [0.717, 1.165) is 19.5 Å². The third-order valence-corrected chi connectivity index (χ3v) is 5.55. The van der Waals surface area contributed by atoms with Crippen LogP contribution in [0.3, 0.4) is 0 Å². The third kappa shape index (κ3) is 2.81. The van der Waals surface area contributed by atoms with E-state index in [1.165, 1.54) is 0 Å². The number of hydrogen-bond donors (Lipinski definition) is 2. The number of amidine groups is 1. The maximum atomic E-state index is 12.2. The van der Waals surface area contributed by atoms with Crippen molar-refractivity contribution < 1.29 is 8.42 Å². The molecule has 2 aliphatic heterocycles. The average Bonchev–Trinajstić information content (AvgIpc) is 2.80. The first-order valence-electron chi connectivity index (χ1n) is 7.04. The van der Waals surface area contributed by atoms with E-state index in [1.54, 1.807) is 18.2 Å². The summed E-state index contributed by atoms with van der Waals surface area (Å²) in [5.41, 5.74) is 6.52. The predicted molar refractivity (Wildman–Crippen MR) is 82.9 cm³/mol. The van der Waals surface area contributed by atoms with Gasteiger partial charge in [0.25, 0.3) is 10.0 Å². The molecule has 0 amide bonds. The third-order valence-electron chi connectivity index (χ3n) is 4.18. The first-order chi connectivity index (χ1) is 9.92. The van der Waals surface area contributed by atoms with Gasteiger partial charge < -0.3 is 11.1 Å². The van der Waals surface area contributed by atoms with Crippen molar-refractivity contribution in [1.29, 1.82) is 0 Å². The van der Waals surface area contributed by atoms with Gasteiger partial charge >= 0.3 is 0 Å². The molecule has 7 heteroatoms. The van der Waals surface area contributed by atoms with Crippen LogP contribution < -0.4 is 11.1 Å². The van der Waals surface area contributed by atoms with Crippen molar-refractivity contribution in [2.75, 3.05) is 31.5 Å². The number of hydrogen-bond acceptors (Lipinski definition) is 5. The minimum Gasteiger partial charge on any atom is -0.341 e. The summed E-state index contributed by atoms with van der Waals surface area (Å²) in [6, 6.07) is 6.84. The Kier molecular flexibility index (Phi) is 3.51. The van der Waals surface area contributed by atoms with Crippen LogP contribution in [0, 0.1) is 5.41 Å². The van der Waals surface area contributed by atoms with Crippen LogP contribution >= 0.6 is 0 Å². The van der Waals surface area contributed by atoms with Gasteiger partial charge in [0, 0.05) is 6.54 Å². The molecule has 3 N–H and O–H groups in total. The summed E-state index contributed by atoms with van der Waals surface area (Å²) in [4.78, 5) is 2.43. The van der Waals surface area contributed by atoms with Gasteiger partial charge in [-0.05, 0) is 37.1 Å². The molecule has 21 heavy (non-hydrogen) atoms. The van der Waals surface area contributed by atoms with Crippen LogP contribution in [-0.4, -0.2) is 45.3 Å². The molecule has 114 valence electrons. The van der Waals surface area contributed by atoms with E-state index in [0.29, 0.717) is 24.6 Å². The maximum Gasteiger partial charge on any atom is 0.286 e. The number of anilines is 1. The number of rotatable bonds is 3. The van der Waals surface area contributed by atoms with E-state index in [4.69, 9.17) is 5.73 Å². The summed E-state index contributed by atoms with van der Waals surface area (Å²) in [5.74, 6) is 0.481. The van der Waals surface area contributed by atoms with E-state index >= 15 is 0 Å². The van der Waals surface area contributed by atoms with E-state index in [2.05, 4.69) is 21.5 Å². The fourth-order valence-electron chi connectivity index (χ4n) is 2.88. The standard InChI is InChI=1S/C14H20N4O2S/c1-14(9-15)6-7-18(10-14)8-13-16-11-4-2-3-5-12(11)21(19,20)17-13/h2-5H,6-10,15H2,1H3,(H,16,17). The summed E-state index contributed by atoms with van der Waals surface area (Å²) in [5, 5.41) is 3.12. The van der Waals surface area contributed by atoms with Crippen molar-refractivity contribution in [2.24, 2.45) is 15.5 Å². The SMILES string of the molecule is CC1(CN)CCN(CC2=NS(=O)(=O)c3ccccc3N2)C1. The maximum absolute atomic E-state index is 12.2. The highest BCUT2D eigenvalue weighted by Crippen LogP contribution is 2.30. The quantitative estimate of drug-likeness (QED) is 0.865. The number of likely N-dealkylation sites (tertiary alicyclic amines) is 1. The van der Waals surface area contributed by atoms with Crippen LogP contribution in [0.25, 0.3) is 0 Å². The van der Waals surface area contributed by atoms with Crippen LogP contribution in [0.5, 0.6) is 0 Å². The highest BCUT2D eigenvalue weighted by molar-refractivity contribution is 7.90. The second-order valence-corrected chi connectivity index (χ2v) is 7.68. The zero-order chi connectivity index (χ0) is 15.1. The molecule has 1 unspecified atom stereocenters. The lowest BCUT2D eigenvalue weighted by Crippen LogP contribution is -2.37. The Hall–Kier alpha value is -1.44. The smallest absolute Gasteiger partial charge is 0.286 e. The van der Waals surface area contributed by atoms with Gasteiger partial charge in [0.05, 0.1) is 12.2 Å². The lowest BCUT2D eigenvalue weighted by molar-refractivity contribution is 0.305. The van der Waals surface area contributed by atoms with Crippen LogP contribution in [0.1, 0.15) is 13.3 Å². The second-order valence-electron chi connectivity index (χ2n) is 6.11. The first-order valence-corrected chi connectivity index (χ1v) is 8.48. The van der Waals surface area contributed by atoms with E-state index in [9.17, 15) is 8.42 Å². The predicted octanol–water partition coefficient (Wildman–Crippen LogP) is 0.870. The largest absolute Gasteiger partial charge is 0.341 e. The average molecular weight is 308 g/mol. The lowest BCUT2D eigenvalue weighted by atomic mass is 9.90. The van der Waals surface area contributed by atoms with Crippen molar-refractivity contribution in [3.8, 4) is 0 Å². The highest BCUT2D eigenvalue weighted by Gasteiger charge is 2.34. The van der Waals surface area contributed by atoms with Gasteiger partial charge in [0.2, 0.25) is 0 Å². The Labute approximate surface area is 125 Å². The number of fused-ring (bicyclic) bond motifs is 1. The molecule has 1 saturated heterocycles. The fraction of sp³-hybridized carbons (Fsp3) is 0.500. The normalized spacial score (nSPS) is 27.8. The molecule has 1 aromatic rings. The van der Waals surface area contributed by atoms with Gasteiger partial charge in [0.15, 0.2) is 0 Å². The van der Waals surface area contributed by atoms with Gasteiger partial charge in [-0.15, -0.1) is 4.40 Å². The van der Waals surface area contributed by atoms with Gasteiger partial charge in [-0.25, -0.2) is 0 Å². The number of nitrogens with zero attached hydrogens (tertiary/aromatic N) is 2. The van der Waals surface area contributed by atoms with Crippen molar-refractivity contribution in [3.05, 3.63) is 24.3 Å². The van der Waals surface area contributed by atoms with Gasteiger partial charge in [-0.2, -0.15) is 8.42 Å². The Morgan fingerprint density at radius 3 is 2.90 bits per heavy atom. The van der Waals surface area contributed by atoms with Crippen molar-refractivity contribution in [2.45, 2.75) is 18.2 Å². The van der Waals surface area contributed by atoms with E-state index < -0.39 is 10.0 Å². The Morgan fingerprint density at radius 1 is 1.43 bits per heavy atom. The molecule has 0 spiro atoms. The van der Waals surface area contributed by atoms with E-state index in [-0.39, 0.29) is 10.3 Å². The molecule has 2 aliphatic rings. The minimum absolute atomic E-state index is 0.117. The molecule has 1 aromatic carbocycles. The topological polar surface area (TPSA) is 87.8 Å². The summed E-state index contributed by atoms with van der Waals surface area (Å²) in [7, 11) is -3.59. The Bertz CT molecular complexity index is 686. The van der Waals surface area contributed by atoms with Crippen LogP contribution in [0.15, 0.2) is 33.6 Å². The minimum atomic E-state index is -3.59. The zero-order valence-electron chi connectivity index (χ0n) is 12.0. The number of para-hydroxylation sites is 1. The Balaban J connectivity index is 1.79. The molecular weight excluding hydrogens is 288 g/mol. The molecule has 1 fully saturated rings. The molecule has 0 bridgehead atoms.